The molecule has 2 amide bonds. The molecule has 3 aromatic rings. The molecule has 3 rings (SSSR count). The topological polar surface area (TPSA) is 67.4 Å². The summed E-state index contributed by atoms with van der Waals surface area (Å²) in [7, 11) is 0. The van der Waals surface area contributed by atoms with E-state index in [0.717, 1.165) is 11.1 Å². The van der Waals surface area contributed by atoms with E-state index in [1.807, 2.05) is 43.3 Å². The van der Waals surface area contributed by atoms with Crippen LogP contribution in [0.25, 0.3) is 0 Å². The summed E-state index contributed by atoms with van der Waals surface area (Å²) in [6.07, 6.45) is -0.813. The van der Waals surface area contributed by atoms with E-state index in [1.165, 1.54) is 0 Å². The van der Waals surface area contributed by atoms with Crippen molar-refractivity contribution in [2.75, 3.05) is 5.32 Å². The predicted octanol–water partition coefficient (Wildman–Crippen LogP) is 4.98. The summed E-state index contributed by atoms with van der Waals surface area (Å²) in [6.45, 7) is 3.91. The maximum Gasteiger partial charge on any atom is 0.265 e. The molecule has 0 aromatic heterocycles. The van der Waals surface area contributed by atoms with Gasteiger partial charge in [0, 0.05) is 17.3 Å². The van der Waals surface area contributed by atoms with Gasteiger partial charge in [-0.1, -0.05) is 60.1 Å². The van der Waals surface area contributed by atoms with Crippen LogP contribution in [0, 0.1) is 6.92 Å². The third-order valence-corrected chi connectivity index (χ3v) is 4.79. The lowest BCUT2D eigenvalue weighted by atomic mass is 10.1. The molecule has 0 spiro atoms. The summed E-state index contributed by atoms with van der Waals surface area (Å²) in [5.74, 6) is -0.263. The zero-order valence-corrected chi connectivity index (χ0v) is 17.6. The van der Waals surface area contributed by atoms with Crippen molar-refractivity contribution < 1.29 is 14.3 Å². The van der Waals surface area contributed by atoms with E-state index in [1.54, 1.807) is 43.3 Å². The first-order chi connectivity index (χ1) is 14.4. The standard InChI is InChI=1S/C24H23ClN2O3/c1-16-12-13-19(25)14-21(16)27-23(28)17(2)30-22-11-7-6-10-20(22)24(29)26-15-18-8-4-3-5-9-18/h3-14,17H,15H2,1-2H3,(H,26,29)(H,27,28)/t17-/m0/s1. The molecule has 0 aliphatic rings. The summed E-state index contributed by atoms with van der Waals surface area (Å²) in [5.41, 5.74) is 2.87. The fraction of sp³-hybridized carbons (Fsp3) is 0.167. The van der Waals surface area contributed by atoms with Crippen molar-refractivity contribution in [3.8, 4) is 5.75 Å². The fourth-order valence-corrected chi connectivity index (χ4v) is 3.01. The van der Waals surface area contributed by atoms with Crippen LogP contribution in [0.1, 0.15) is 28.4 Å². The number of aryl methyl sites for hydroxylation is 1. The van der Waals surface area contributed by atoms with Gasteiger partial charge in [-0.15, -0.1) is 0 Å². The first-order valence-corrected chi connectivity index (χ1v) is 9.96. The van der Waals surface area contributed by atoms with E-state index < -0.39 is 6.10 Å². The third kappa shape index (κ3) is 5.61. The Bertz CT molecular complexity index is 1040. The number of hydrogen-bond donors (Lipinski definition) is 2. The van der Waals surface area contributed by atoms with E-state index in [0.29, 0.717) is 28.6 Å². The Morgan fingerprint density at radius 1 is 1.00 bits per heavy atom. The number of benzene rings is 3. The van der Waals surface area contributed by atoms with Crippen LogP contribution in [0.3, 0.4) is 0 Å². The second kappa shape index (κ2) is 9.94. The Morgan fingerprint density at radius 3 is 2.47 bits per heavy atom. The summed E-state index contributed by atoms with van der Waals surface area (Å²) in [5, 5.41) is 6.23. The number of rotatable bonds is 7. The highest BCUT2D eigenvalue weighted by Crippen LogP contribution is 2.22. The molecule has 0 fully saturated rings. The lowest BCUT2D eigenvalue weighted by Crippen LogP contribution is -2.31. The quantitative estimate of drug-likeness (QED) is 0.564. The zero-order chi connectivity index (χ0) is 21.5. The normalized spacial score (nSPS) is 11.4. The lowest BCUT2D eigenvalue weighted by molar-refractivity contribution is -0.122. The minimum Gasteiger partial charge on any atom is -0.480 e. The average Bonchev–Trinajstić information content (AvgIpc) is 2.75. The molecular weight excluding hydrogens is 400 g/mol. The number of carbonyl (C=O) groups excluding carboxylic acids is 2. The molecule has 0 unspecified atom stereocenters. The largest absolute Gasteiger partial charge is 0.480 e. The van der Waals surface area contributed by atoms with Gasteiger partial charge < -0.3 is 15.4 Å². The Kier molecular flexibility index (Phi) is 7.09. The fourth-order valence-electron chi connectivity index (χ4n) is 2.84. The van der Waals surface area contributed by atoms with Gasteiger partial charge >= 0.3 is 0 Å². The van der Waals surface area contributed by atoms with Gasteiger partial charge in [-0.3, -0.25) is 9.59 Å². The van der Waals surface area contributed by atoms with Crippen LogP contribution in [0.2, 0.25) is 5.02 Å². The highest BCUT2D eigenvalue weighted by Gasteiger charge is 2.19. The molecule has 3 aromatic carbocycles. The summed E-state index contributed by atoms with van der Waals surface area (Å²) in [4.78, 5) is 25.2. The number of anilines is 1. The average molecular weight is 423 g/mol. The Labute approximate surface area is 181 Å². The van der Waals surface area contributed by atoms with Crippen molar-refractivity contribution in [3.05, 3.63) is 94.5 Å². The second-order valence-electron chi connectivity index (χ2n) is 6.87. The number of para-hydroxylation sites is 1. The van der Waals surface area contributed by atoms with Gasteiger partial charge in [0.25, 0.3) is 11.8 Å². The first kappa shape index (κ1) is 21.4. The number of amides is 2. The smallest absolute Gasteiger partial charge is 0.265 e. The van der Waals surface area contributed by atoms with Crippen LogP contribution in [0.15, 0.2) is 72.8 Å². The predicted molar refractivity (Wildman–Crippen MR) is 119 cm³/mol. The van der Waals surface area contributed by atoms with Crippen LogP contribution < -0.4 is 15.4 Å². The molecule has 0 saturated heterocycles. The Morgan fingerprint density at radius 2 is 1.70 bits per heavy atom. The van der Waals surface area contributed by atoms with Crippen molar-refractivity contribution in [1.82, 2.24) is 5.32 Å². The molecule has 0 radical (unpaired) electrons. The molecule has 0 aliphatic heterocycles. The molecule has 0 heterocycles. The van der Waals surface area contributed by atoms with Crippen molar-refractivity contribution in [3.63, 3.8) is 0 Å². The van der Waals surface area contributed by atoms with Gasteiger partial charge in [-0.05, 0) is 49.2 Å². The van der Waals surface area contributed by atoms with Crippen LogP contribution >= 0.6 is 11.6 Å². The summed E-state index contributed by atoms with van der Waals surface area (Å²) in [6, 6.07) is 21.8. The summed E-state index contributed by atoms with van der Waals surface area (Å²) >= 11 is 6.01. The molecule has 154 valence electrons. The van der Waals surface area contributed by atoms with Crippen LogP contribution in [0.5, 0.6) is 5.75 Å². The van der Waals surface area contributed by atoms with Crippen LogP contribution in [0.4, 0.5) is 5.69 Å². The Balaban J connectivity index is 1.66. The van der Waals surface area contributed by atoms with Crippen molar-refractivity contribution >= 4 is 29.1 Å². The molecule has 0 bridgehead atoms. The van der Waals surface area contributed by atoms with E-state index in [9.17, 15) is 9.59 Å². The third-order valence-electron chi connectivity index (χ3n) is 4.56. The number of hydrogen-bond acceptors (Lipinski definition) is 3. The van der Waals surface area contributed by atoms with E-state index >= 15 is 0 Å². The second-order valence-corrected chi connectivity index (χ2v) is 7.31. The molecule has 2 N–H and O–H groups in total. The van der Waals surface area contributed by atoms with Crippen molar-refractivity contribution in [1.29, 1.82) is 0 Å². The van der Waals surface area contributed by atoms with Gasteiger partial charge in [0.15, 0.2) is 6.10 Å². The van der Waals surface area contributed by atoms with Crippen molar-refractivity contribution in [2.24, 2.45) is 0 Å². The van der Waals surface area contributed by atoms with Crippen LogP contribution in [-0.4, -0.2) is 17.9 Å². The van der Waals surface area contributed by atoms with Gasteiger partial charge in [-0.2, -0.15) is 0 Å². The van der Waals surface area contributed by atoms with Gasteiger partial charge in [-0.25, -0.2) is 0 Å². The highest BCUT2D eigenvalue weighted by molar-refractivity contribution is 6.31. The molecular formula is C24H23ClN2O3. The molecule has 0 aliphatic carbocycles. The number of carbonyl (C=O) groups is 2. The molecule has 1 atom stereocenters. The SMILES string of the molecule is Cc1ccc(Cl)cc1NC(=O)[C@H](C)Oc1ccccc1C(=O)NCc1ccccc1. The molecule has 6 heteroatoms. The number of nitrogens with one attached hydrogen (secondary N) is 2. The molecule has 30 heavy (non-hydrogen) atoms. The van der Waals surface area contributed by atoms with Gasteiger partial charge in [0.05, 0.1) is 5.56 Å². The maximum absolute atomic E-state index is 12.7. The number of ether oxygens (including phenoxy) is 1. The highest BCUT2D eigenvalue weighted by atomic mass is 35.5. The van der Waals surface area contributed by atoms with E-state index in [2.05, 4.69) is 10.6 Å². The van der Waals surface area contributed by atoms with Gasteiger partial charge in [0.1, 0.15) is 5.75 Å². The van der Waals surface area contributed by atoms with Gasteiger partial charge in [0.2, 0.25) is 0 Å². The summed E-state index contributed by atoms with van der Waals surface area (Å²) < 4.78 is 5.82. The minimum absolute atomic E-state index is 0.271. The zero-order valence-electron chi connectivity index (χ0n) is 16.8. The minimum atomic E-state index is -0.813. The number of halogens is 1. The first-order valence-electron chi connectivity index (χ1n) is 9.59. The maximum atomic E-state index is 12.7. The molecule has 0 saturated carbocycles. The van der Waals surface area contributed by atoms with Crippen LogP contribution in [-0.2, 0) is 11.3 Å². The lowest BCUT2D eigenvalue weighted by Gasteiger charge is -2.18. The van der Waals surface area contributed by atoms with E-state index in [4.69, 9.17) is 16.3 Å². The Hall–Kier alpha value is -3.31. The molecule has 5 nitrogen and oxygen atoms in total. The monoisotopic (exact) mass is 422 g/mol. The van der Waals surface area contributed by atoms with Crippen molar-refractivity contribution in [2.45, 2.75) is 26.5 Å². The van der Waals surface area contributed by atoms with E-state index in [-0.39, 0.29) is 11.8 Å².